The van der Waals surface area contributed by atoms with Gasteiger partial charge in [0.25, 0.3) is 0 Å². The molecule has 0 bridgehead atoms. The zero-order chi connectivity index (χ0) is 31.6. The van der Waals surface area contributed by atoms with Crippen LogP contribution >= 0.6 is 11.8 Å². The second-order valence-corrected chi connectivity index (χ2v) is 11.5. The zero-order valence-electron chi connectivity index (χ0n) is 25.2. The number of carbonyl (C=O) groups excluding carboxylic acids is 2. The van der Waals surface area contributed by atoms with Gasteiger partial charge in [0.1, 0.15) is 12.9 Å². The molecule has 1 fully saturated rings. The maximum absolute atomic E-state index is 12.1. The topological polar surface area (TPSA) is 137 Å². The highest BCUT2D eigenvalue weighted by Gasteiger charge is 2.32. The summed E-state index contributed by atoms with van der Waals surface area (Å²) in [6.45, 7) is 2.09. The largest absolute Gasteiger partial charge is 0.465 e. The van der Waals surface area contributed by atoms with Crippen LogP contribution in [0.5, 0.6) is 0 Å². The monoisotopic (exact) mass is 631 g/mol. The average Bonchev–Trinajstić information content (AvgIpc) is 3.50. The van der Waals surface area contributed by atoms with E-state index in [4.69, 9.17) is 14.2 Å². The van der Waals surface area contributed by atoms with Gasteiger partial charge in [-0.25, -0.2) is 4.79 Å². The minimum atomic E-state index is -0.566. The summed E-state index contributed by atoms with van der Waals surface area (Å²) in [4.78, 5) is 23.5. The molecule has 4 aromatic rings. The van der Waals surface area contributed by atoms with E-state index in [1.54, 1.807) is 25.0 Å². The van der Waals surface area contributed by atoms with Crippen LogP contribution in [0.15, 0.2) is 84.3 Å². The Bertz CT molecular complexity index is 1560. The van der Waals surface area contributed by atoms with Crippen molar-refractivity contribution >= 4 is 23.8 Å². The number of amides is 2. The van der Waals surface area contributed by atoms with Crippen molar-refractivity contribution in [1.82, 2.24) is 25.4 Å². The van der Waals surface area contributed by atoms with Crippen LogP contribution in [0.2, 0.25) is 0 Å². The number of aryl methyl sites for hydroxylation is 1. The van der Waals surface area contributed by atoms with Gasteiger partial charge in [0.05, 0.1) is 25.4 Å². The van der Waals surface area contributed by atoms with Gasteiger partial charge in [0.2, 0.25) is 0 Å². The number of ether oxygens (including phenoxy) is 3. The number of hydrogen-bond acceptors (Lipinski definition) is 9. The molecule has 0 unspecified atom stereocenters. The highest BCUT2D eigenvalue weighted by Crippen LogP contribution is 2.39. The number of aliphatic hydroxyl groups is 1. The highest BCUT2D eigenvalue weighted by atomic mass is 32.2. The third-order valence-corrected chi connectivity index (χ3v) is 8.44. The van der Waals surface area contributed by atoms with E-state index in [2.05, 4.69) is 20.8 Å². The van der Waals surface area contributed by atoms with Gasteiger partial charge < -0.3 is 34.5 Å². The molecule has 11 nitrogen and oxygen atoms in total. The molecule has 3 aromatic carbocycles. The van der Waals surface area contributed by atoms with Gasteiger partial charge in [-0.15, -0.1) is 10.2 Å². The SMILES string of the molecule is CCOC(=O)CNC(=O)NCc1cccc(-c2ccc([C@@H]3O[C@H](CSc4nncn4C)C[C@H](c4ccc(CO)cc4)O3)cc2)c1. The van der Waals surface area contributed by atoms with E-state index in [9.17, 15) is 14.7 Å². The van der Waals surface area contributed by atoms with Crippen molar-refractivity contribution < 1.29 is 28.9 Å². The van der Waals surface area contributed by atoms with Crippen molar-refractivity contribution in [2.45, 2.75) is 50.2 Å². The van der Waals surface area contributed by atoms with E-state index < -0.39 is 18.3 Å². The van der Waals surface area contributed by atoms with E-state index in [0.29, 0.717) is 18.7 Å². The first-order chi connectivity index (χ1) is 21.9. The number of benzene rings is 3. The van der Waals surface area contributed by atoms with Gasteiger partial charge in [0.15, 0.2) is 11.4 Å². The lowest BCUT2D eigenvalue weighted by Gasteiger charge is -2.36. The number of urea groups is 1. The Morgan fingerprint density at radius 1 is 1.00 bits per heavy atom. The number of nitrogens with zero attached hydrogens (tertiary/aromatic N) is 3. The lowest BCUT2D eigenvalue weighted by Crippen LogP contribution is -2.38. The molecule has 236 valence electrons. The smallest absolute Gasteiger partial charge is 0.325 e. The number of nitrogens with one attached hydrogen (secondary N) is 2. The first kappa shape index (κ1) is 32.2. The molecule has 45 heavy (non-hydrogen) atoms. The fourth-order valence-electron chi connectivity index (χ4n) is 4.90. The third-order valence-electron chi connectivity index (χ3n) is 7.28. The van der Waals surface area contributed by atoms with Crippen LogP contribution in [0, 0.1) is 0 Å². The fraction of sp³-hybridized carbons (Fsp3) is 0.333. The predicted molar refractivity (Wildman–Crippen MR) is 169 cm³/mol. The standard InChI is InChI=1S/C33H37N5O6S/c1-3-42-30(40)18-35-32(41)34-17-23-5-4-6-27(15-23)24-11-13-26(14-12-24)31-43-28(20-45-33-37-36-21-38(33)2)16-29(44-31)25-9-7-22(19-39)8-10-25/h4-15,21,28-29,31,39H,3,16-20H2,1-2H3,(H2,34,35,41)/t28-,29+,31+/m0/s1. The molecule has 5 rings (SSSR count). The number of hydrogen-bond donors (Lipinski definition) is 3. The number of rotatable bonds is 12. The van der Waals surface area contributed by atoms with Crippen molar-refractivity contribution in [3.63, 3.8) is 0 Å². The van der Waals surface area contributed by atoms with E-state index in [1.165, 1.54) is 0 Å². The maximum atomic E-state index is 12.1. The molecule has 12 heteroatoms. The minimum Gasteiger partial charge on any atom is -0.465 e. The average molecular weight is 632 g/mol. The second kappa shape index (κ2) is 15.7. The third kappa shape index (κ3) is 8.92. The molecular formula is C33H37N5O6S. The minimum absolute atomic E-state index is 0.00721. The van der Waals surface area contributed by atoms with Gasteiger partial charge >= 0.3 is 12.0 Å². The summed E-state index contributed by atoms with van der Waals surface area (Å²) in [5, 5.41) is 23.7. The summed E-state index contributed by atoms with van der Waals surface area (Å²) in [5.74, 6) is 0.211. The molecular weight excluding hydrogens is 594 g/mol. The molecule has 1 aliphatic rings. The Balaban J connectivity index is 1.25. The quantitative estimate of drug-likeness (QED) is 0.150. The summed E-state index contributed by atoms with van der Waals surface area (Å²) in [6.07, 6.45) is 1.52. The normalized spacial score (nSPS) is 17.9. The van der Waals surface area contributed by atoms with Gasteiger partial charge in [-0.2, -0.15) is 0 Å². The molecule has 0 aliphatic carbocycles. The Hall–Kier alpha value is -4.23. The van der Waals surface area contributed by atoms with Crippen LogP contribution in [-0.4, -0.2) is 56.9 Å². The van der Waals surface area contributed by atoms with E-state index in [1.807, 2.05) is 84.4 Å². The van der Waals surface area contributed by atoms with Crippen LogP contribution in [0.4, 0.5) is 4.79 Å². The van der Waals surface area contributed by atoms with E-state index in [0.717, 1.165) is 38.5 Å². The Morgan fingerprint density at radius 3 is 2.49 bits per heavy atom. The summed E-state index contributed by atoms with van der Waals surface area (Å²) < 4.78 is 19.7. The Labute approximate surface area is 266 Å². The van der Waals surface area contributed by atoms with Gasteiger partial charge in [-0.05, 0) is 40.8 Å². The van der Waals surface area contributed by atoms with Crippen molar-refractivity contribution in [1.29, 1.82) is 0 Å². The lowest BCUT2D eigenvalue weighted by atomic mass is 9.99. The molecule has 0 saturated carbocycles. The van der Waals surface area contributed by atoms with E-state index >= 15 is 0 Å². The summed E-state index contributed by atoms with van der Waals surface area (Å²) >= 11 is 1.60. The number of esters is 1. The van der Waals surface area contributed by atoms with Crippen LogP contribution < -0.4 is 10.6 Å². The molecule has 0 spiro atoms. The molecule has 1 aromatic heterocycles. The summed E-state index contributed by atoms with van der Waals surface area (Å²) in [7, 11) is 1.92. The summed E-state index contributed by atoms with van der Waals surface area (Å²) in [5.41, 5.74) is 5.71. The zero-order valence-corrected chi connectivity index (χ0v) is 26.0. The van der Waals surface area contributed by atoms with Crippen molar-refractivity contribution in [2.24, 2.45) is 7.05 Å². The maximum Gasteiger partial charge on any atom is 0.325 e. The molecule has 2 heterocycles. The summed E-state index contributed by atoms with van der Waals surface area (Å²) in [6, 6.07) is 23.4. The molecule has 2 amide bonds. The molecule has 3 N–H and O–H groups in total. The predicted octanol–water partition coefficient (Wildman–Crippen LogP) is 4.67. The Morgan fingerprint density at radius 2 is 1.78 bits per heavy atom. The molecule has 0 radical (unpaired) electrons. The van der Waals surface area contributed by atoms with Crippen LogP contribution in [0.25, 0.3) is 11.1 Å². The van der Waals surface area contributed by atoms with Crippen molar-refractivity contribution in [3.05, 3.63) is 101 Å². The molecule has 1 aliphatic heterocycles. The Kier molecular flexibility index (Phi) is 11.2. The number of aliphatic hydroxyl groups excluding tert-OH is 1. The number of thioether (sulfide) groups is 1. The highest BCUT2D eigenvalue weighted by molar-refractivity contribution is 7.99. The van der Waals surface area contributed by atoms with Crippen LogP contribution in [0.1, 0.15) is 48.0 Å². The second-order valence-electron chi connectivity index (χ2n) is 10.5. The number of aromatic nitrogens is 3. The van der Waals surface area contributed by atoms with Gasteiger partial charge in [-0.3, -0.25) is 4.79 Å². The first-order valence-corrected chi connectivity index (χ1v) is 15.7. The fourth-order valence-corrected chi connectivity index (χ4v) is 5.80. The van der Waals surface area contributed by atoms with Crippen molar-refractivity contribution in [3.8, 4) is 11.1 Å². The molecule has 3 atom stereocenters. The van der Waals surface area contributed by atoms with Gasteiger partial charge in [-0.1, -0.05) is 78.5 Å². The van der Waals surface area contributed by atoms with Crippen LogP contribution in [0.3, 0.4) is 0 Å². The lowest BCUT2D eigenvalue weighted by molar-refractivity contribution is -0.245. The van der Waals surface area contributed by atoms with Crippen molar-refractivity contribution in [2.75, 3.05) is 18.9 Å². The number of carbonyl (C=O) groups is 2. The first-order valence-electron chi connectivity index (χ1n) is 14.8. The van der Waals surface area contributed by atoms with Crippen LogP contribution in [-0.2, 0) is 39.2 Å². The van der Waals surface area contributed by atoms with E-state index in [-0.39, 0.29) is 32.0 Å². The molecule has 1 saturated heterocycles. The van der Waals surface area contributed by atoms with Gasteiger partial charge in [0, 0.05) is 31.3 Å².